The second kappa shape index (κ2) is 57.6. The summed E-state index contributed by atoms with van der Waals surface area (Å²) < 4.78 is 164. The van der Waals surface area contributed by atoms with Gasteiger partial charge in [0, 0.05) is 4.11 Å². The minimum Gasteiger partial charge on any atom is -0.171 e. The van der Waals surface area contributed by atoms with E-state index >= 15 is 0 Å². The Kier molecular flexibility index (Phi) is 64.3. The first-order valence-electron chi connectivity index (χ1n) is 36.6. The van der Waals surface area contributed by atoms with Crippen molar-refractivity contribution in [1.29, 1.82) is 0 Å². The average molecular weight is 1300 g/mol. The van der Waals surface area contributed by atoms with Crippen LogP contribution in [0.2, 0.25) is 0 Å². The molecule has 0 nitrogen and oxygen atoms in total. The Morgan fingerprint density at radius 1 is 0.386 bits per heavy atom. The van der Waals surface area contributed by atoms with E-state index in [1.807, 2.05) is 55.4 Å². The minimum absolute atomic E-state index is 0.170. The molecule has 0 spiro atoms. The molecule has 0 N–H and O–H groups in total. The Hall–Kier alpha value is -0.840. The van der Waals surface area contributed by atoms with Gasteiger partial charge in [0.05, 0.1) is 23.7 Å². The molecule has 3 fully saturated rings. The summed E-state index contributed by atoms with van der Waals surface area (Å²) in [6.07, 6.45) is 3.39. The maximum Gasteiger partial charge on any atom is 0.392 e. The number of halogens is 12. The van der Waals surface area contributed by atoms with E-state index in [9.17, 15) is 52.7 Å². The van der Waals surface area contributed by atoms with Crippen LogP contribution in [0.4, 0.5) is 52.7 Å². The Balaban J connectivity index is -0.000000116. The first kappa shape index (κ1) is 98.2. The molecule has 3 aliphatic carbocycles. The lowest BCUT2D eigenvalue weighted by Crippen LogP contribution is -2.35. The molecule has 3 rings (SSSR count). The first-order chi connectivity index (χ1) is 40.3. The SMILES string of the molecule is CC1CC(C)C(C(F)(F)F)C1.CC1CCC(C)C1C.CC1CCCC(C(F)(F)F)[C@@H]1C.CCC(C)C.CCC(C)C(F)(F)F.CCCC(C)(C)C.CCCC(C)(C)C.CCCC(C)C.CCCC(C)C(F)(F)F.CCCCC.[2H]C(C)(C)C.[2H]C([2H])(C)C(C)(C)C. The van der Waals surface area contributed by atoms with E-state index in [-0.39, 0.29) is 47.8 Å². The number of hydrogen-bond acceptors (Lipinski definition) is 0. The Morgan fingerprint density at radius 2 is 0.716 bits per heavy atom. The third-order valence-electron chi connectivity index (χ3n) is 16.1. The topological polar surface area (TPSA) is 0 Å². The lowest BCUT2D eigenvalue weighted by atomic mass is 9.73. The third kappa shape index (κ3) is 83.2. The highest BCUT2D eigenvalue weighted by atomic mass is 19.4. The van der Waals surface area contributed by atoms with Crippen LogP contribution in [-0.2, 0) is 0 Å². The van der Waals surface area contributed by atoms with Crippen molar-refractivity contribution in [2.24, 2.45) is 99.1 Å². The van der Waals surface area contributed by atoms with Crippen molar-refractivity contribution >= 4 is 0 Å². The molecular weight excluding hydrogens is 1140 g/mol. The molecule has 0 heterocycles. The van der Waals surface area contributed by atoms with Gasteiger partial charge in [0.25, 0.3) is 0 Å². The molecule has 3 saturated carbocycles. The van der Waals surface area contributed by atoms with Crippen LogP contribution in [0.25, 0.3) is 0 Å². The Bertz CT molecular complexity index is 1480. The van der Waals surface area contributed by atoms with E-state index < -0.39 is 54.7 Å². The van der Waals surface area contributed by atoms with Crippen LogP contribution in [-0.4, -0.2) is 24.7 Å². The van der Waals surface area contributed by atoms with E-state index in [0.717, 1.165) is 48.9 Å². The molecule has 0 amide bonds. The highest BCUT2D eigenvalue weighted by Gasteiger charge is 2.47. The molecule has 88 heavy (non-hydrogen) atoms. The second-order valence-electron chi connectivity index (χ2n) is 31.1. The van der Waals surface area contributed by atoms with Gasteiger partial charge in [-0.1, -0.05) is 325 Å². The van der Waals surface area contributed by atoms with Crippen LogP contribution < -0.4 is 0 Å². The summed E-state index contributed by atoms with van der Waals surface area (Å²) in [4.78, 5) is 0. The molecule has 3 aliphatic rings. The van der Waals surface area contributed by atoms with Gasteiger partial charge in [-0.05, 0) is 120 Å². The van der Waals surface area contributed by atoms with Gasteiger partial charge in [0.1, 0.15) is 0 Å². The molecule has 0 aromatic heterocycles. The fraction of sp³-hybridized carbons (Fsp3) is 1.00. The summed E-state index contributed by atoms with van der Waals surface area (Å²) in [5, 5.41) is 0. The number of alkyl halides is 12. The highest BCUT2D eigenvalue weighted by Crippen LogP contribution is 2.46. The minimum atomic E-state index is -3.99. The molecule has 0 aromatic carbocycles. The lowest BCUT2D eigenvalue weighted by molar-refractivity contribution is -0.199. The van der Waals surface area contributed by atoms with Crippen molar-refractivity contribution in [3.8, 4) is 0 Å². The largest absolute Gasteiger partial charge is 0.392 e. The van der Waals surface area contributed by atoms with Crippen molar-refractivity contribution in [3.63, 3.8) is 0 Å². The standard InChI is InChI=1S/C9H15F3.C8H13F3.C8H16.2C7H16.C6H11F3.2C6H14.C5H9F3.2C5H12.C4H10/c1-6-4-3-5-8(7(6)2)9(10,11)12;1-5-3-6(2)7(4-5)8(9,10)11;1-6-4-5-7(2)8(6)3;2*1-5-6-7(2,3)4;1-3-4-5(2)6(7,8)9;1-5-6(2,3)4;1-4-5-6(2)3;1-3-4(2)5(6,7)8;1-4-5(2)3;1-3-5-4-2;1-4(2)3/h6-8H,3-5H2,1-2H3;5-7H,3-4H2,1-2H3;6-8H,4-5H2,1-3H3;2*5-6H2,1-4H3;5H,3-4H2,1-2H3;5H2,1-4H3;6H,4-5H2,1-3H3;4H,3H2,1-2H3;5H,4H2,1-3H3;3-5H2,1-2H3;4H,1-3H3/t6?,7-,8?;;;;;;;;;;;/m1.........../s1/i;;;;;;5D2;;;;;4D. The molecule has 0 radical (unpaired) electrons. The number of rotatable bonds is 10. The molecule has 0 saturated heterocycles. The van der Waals surface area contributed by atoms with Crippen molar-refractivity contribution in [1.82, 2.24) is 0 Å². The van der Waals surface area contributed by atoms with Gasteiger partial charge in [-0.2, -0.15) is 52.7 Å². The molecule has 12 heteroatoms. The second-order valence-corrected chi connectivity index (χ2v) is 31.1. The van der Waals surface area contributed by atoms with Crippen molar-refractivity contribution < 1.29 is 56.8 Å². The van der Waals surface area contributed by atoms with E-state index in [2.05, 4.69) is 132 Å². The molecule has 9 unspecified atom stereocenters. The molecule has 0 bridgehead atoms. The van der Waals surface area contributed by atoms with Gasteiger partial charge in [0.2, 0.25) is 0 Å². The maximum absolute atomic E-state index is 12.4. The summed E-state index contributed by atoms with van der Waals surface area (Å²) in [6, 6.07) is 0. The van der Waals surface area contributed by atoms with Gasteiger partial charge < -0.3 is 0 Å². The summed E-state index contributed by atoms with van der Waals surface area (Å²) in [6.45, 7) is 68.8. The Labute approximate surface area is 548 Å². The van der Waals surface area contributed by atoms with Gasteiger partial charge in [0.15, 0.2) is 0 Å². The normalized spacial score (nSPS) is 23.2. The number of unbranched alkanes of at least 4 members (excludes halogenated alkanes) is 2. The van der Waals surface area contributed by atoms with Crippen molar-refractivity contribution in [3.05, 3.63) is 0 Å². The fourth-order valence-electron chi connectivity index (χ4n) is 8.93. The molecule has 0 aliphatic heterocycles. The summed E-state index contributed by atoms with van der Waals surface area (Å²) in [7, 11) is 0. The summed E-state index contributed by atoms with van der Waals surface area (Å²) >= 11 is 0. The van der Waals surface area contributed by atoms with Crippen LogP contribution in [0.15, 0.2) is 0 Å². The van der Waals surface area contributed by atoms with Crippen LogP contribution in [0.5, 0.6) is 0 Å². The van der Waals surface area contributed by atoms with E-state index in [4.69, 9.17) is 4.11 Å². The zero-order valence-electron chi connectivity index (χ0n) is 67.7. The molecular formula is C76H158F12. The van der Waals surface area contributed by atoms with E-state index in [1.54, 1.807) is 27.7 Å². The quantitative estimate of drug-likeness (QED) is 0.191. The smallest absolute Gasteiger partial charge is 0.171 e. The van der Waals surface area contributed by atoms with Gasteiger partial charge in [-0.15, -0.1) is 0 Å². The predicted molar refractivity (Wildman–Crippen MR) is 370 cm³/mol. The van der Waals surface area contributed by atoms with Crippen molar-refractivity contribution in [2.45, 2.75) is 395 Å². The fourth-order valence-corrected chi connectivity index (χ4v) is 8.93. The zero-order valence-corrected chi connectivity index (χ0v) is 64.7. The third-order valence-corrected chi connectivity index (χ3v) is 16.1. The predicted octanol–water partition coefficient (Wildman–Crippen LogP) is 31.6. The van der Waals surface area contributed by atoms with E-state index in [1.165, 1.54) is 97.8 Å². The van der Waals surface area contributed by atoms with Crippen molar-refractivity contribution in [2.75, 3.05) is 0 Å². The monoisotopic (exact) mass is 1300 g/mol. The van der Waals surface area contributed by atoms with Gasteiger partial charge in [-0.25, -0.2) is 0 Å². The van der Waals surface area contributed by atoms with Gasteiger partial charge >= 0.3 is 24.7 Å². The average Bonchev–Trinajstić information content (AvgIpc) is 3.01. The zero-order chi connectivity index (χ0) is 75.1. The molecule has 10 atom stereocenters. The molecule has 0 aromatic rings. The Morgan fingerprint density at radius 3 is 0.818 bits per heavy atom. The summed E-state index contributed by atoms with van der Waals surface area (Å²) in [5.41, 5.74) is 0.872. The van der Waals surface area contributed by atoms with Crippen LogP contribution >= 0.6 is 0 Å². The van der Waals surface area contributed by atoms with Gasteiger partial charge in [-0.3, -0.25) is 0 Å². The van der Waals surface area contributed by atoms with Crippen LogP contribution in [0.1, 0.15) is 374 Å². The first-order valence-corrected chi connectivity index (χ1v) is 35.1. The van der Waals surface area contributed by atoms with Crippen LogP contribution in [0.3, 0.4) is 0 Å². The maximum atomic E-state index is 12.4. The van der Waals surface area contributed by atoms with Crippen LogP contribution in [0, 0.1) is 99.1 Å². The number of hydrogen-bond donors (Lipinski definition) is 0. The highest BCUT2D eigenvalue weighted by molar-refractivity contribution is 4.84. The lowest BCUT2D eigenvalue weighted by Gasteiger charge is -2.35. The summed E-state index contributed by atoms with van der Waals surface area (Å²) in [5.74, 6) is 0.212. The molecule has 546 valence electrons. The van der Waals surface area contributed by atoms with E-state index in [0.29, 0.717) is 30.1 Å².